The highest BCUT2D eigenvalue weighted by Crippen LogP contribution is 2.37. The van der Waals surface area contributed by atoms with Crippen LogP contribution in [0.3, 0.4) is 0 Å². The van der Waals surface area contributed by atoms with E-state index in [1.54, 1.807) is 0 Å². The predicted molar refractivity (Wildman–Crippen MR) is 119 cm³/mol. The zero-order chi connectivity index (χ0) is 20.9. The zero-order valence-corrected chi connectivity index (χ0v) is 17.3. The summed E-state index contributed by atoms with van der Waals surface area (Å²) in [6, 6.07) is 19.8. The van der Waals surface area contributed by atoms with Gasteiger partial charge in [0.05, 0.1) is 5.69 Å². The van der Waals surface area contributed by atoms with Gasteiger partial charge in [-0.25, -0.2) is 0 Å². The lowest BCUT2D eigenvalue weighted by molar-refractivity contribution is -0.138. The second kappa shape index (κ2) is 9.26. The van der Waals surface area contributed by atoms with Gasteiger partial charge in [-0.15, -0.1) is 10.2 Å². The number of hydrogen-bond acceptors (Lipinski definition) is 4. The fraction of sp³-hybridized carbons (Fsp3) is 0.292. The SMILES string of the molecule is O=C(O)CC1CCC(c2ccc(-c3ccc(Nc4cccc(Cl)c4)nn3)cc2)CC1. The monoisotopic (exact) mass is 421 g/mol. The average molecular weight is 422 g/mol. The van der Waals surface area contributed by atoms with Gasteiger partial charge in [0, 0.05) is 22.7 Å². The normalized spacial score (nSPS) is 18.7. The zero-order valence-electron chi connectivity index (χ0n) is 16.6. The largest absolute Gasteiger partial charge is 0.481 e. The molecular formula is C24H24ClN3O2. The summed E-state index contributed by atoms with van der Waals surface area (Å²) in [7, 11) is 0. The van der Waals surface area contributed by atoms with Crippen LogP contribution in [0.5, 0.6) is 0 Å². The Bertz CT molecular complexity index is 998. The minimum Gasteiger partial charge on any atom is -0.481 e. The van der Waals surface area contributed by atoms with Crippen molar-refractivity contribution in [3.05, 3.63) is 71.2 Å². The number of benzene rings is 2. The number of rotatable bonds is 6. The van der Waals surface area contributed by atoms with E-state index in [1.165, 1.54) is 5.56 Å². The van der Waals surface area contributed by atoms with Crippen molar-refractivity contribution in [3.63, 3.8) is 0 Å². The van der Waals surface area contributed by atoms with Crippen LogP contribution in [0.15, 0.2) is 60.7 Å². The molecule has 0 radical (unpaired) electrons. The maximum Gasteiger partial charge on any atom is 0.303 e. The van der Waals surface area contributed by atoms with Crippen molar-refractivity contribution >= 4 is 29.1 Å². The Labute approximate surface area is 181 Å². The van der Waals surface area contributed by atoms with Crippen LogP contribution in [0.1, 0.15) is 43.6 Å². The van der Waals surface area contributed by atoms with Gasteiger partial charge in [0.2, 0.25) is 0 Å². The van der Waals surface area contributed by atoms with Crippen molar-refractivity contribution in [2.24, 2.45) is 5.92 Å². The van der Waals surface area contributed by atoms with Crippen molar-refractivity contribution in [3.8, 4) is 11.3 Å². The molecule has 2 aromatic carbocycles. The van der Waals surface area contributed by atoms with Crippen molar-refractivity contribution in [2.45, 2.75) is 38.0 Å². The number of carbonyl (C=O) groups is 1. The lowest BCUT2D eigenvalue weighted by atomic mass is 9.77. The molecule has 0 aliphatic heterocycles. The molecule has 0 spiro atoms. The maximum atomic E-state index is 10.9. The van der Waals surface area contributed by atoms with Crippen molar-refractivity contribution in [1.29, 1.82) is 0 Å². The fourth-order valence-corrected chi connectivity index (χ4v) is 4.33. The number of carboxylic acid groups (broad SMARTS) is 1. The first-order valence-electron chi connectivity index (χ1n) is 10.3. The molecular weight excluding hydrogens is 398 g/mol. The first-order valence-corrected chi connectivity index (χ1v) is 10.6. The molecule has 2 N–H and O–H groups in total. The first kappa shape index (κ1) is 20.4. The number of aromatic nitrogens is 2. The summed E-state index contributed by atoms with van der Waals surface area (Å²) in [6.07, 6.45) is 4.39. The van der Waals surface area contributed by atoms with Gasteiger partial charge in [-0.3, -0.25) is 4.79 Å². The van der Waals surface area contributed by atoms with Gasteiger partial charge in [-0.1, -0.05) is 41.9 Å². The highest BCUT2D eigenvalue weighted by Gasteiger charge is 2.23. The van der Waals surface area contributed by atoms with Crippen LogP contribution in [0.2, 0.25) is 5.02 Å². The van der Waals surface area contributed by atoms with Gasteiger partial charge in [0.15, 0.2) is 5.82 Å². The van der Waals surface area contributed by atoms with Crippen LogP contribution in [0.4, 0.5) is 11.5 Å². The number of hydrogen-bond donors (Lipinski definition) is 2. The lowest BCUT2D eigenvalue weighted by Crippen LogP contribution is -2.16. The van der Waals surface area contributed by atoms with Gasteiger partial charge in [-0.2, -0.15) is 0 Å². The molecule has 0 bridgehead atoms. The minimum atomic E-state index is -0.683. The predicted octanol–water partition coefficient (Wildman–Crippen LogP) is 6.29. The Morgan fingerprint density at radius 1 is 1.00 bits per heavy atom. The van der Waals surface area contributed by atoms with Gasteiger partial charge < -0.3 is 10.4 Å². The molecule has 154 valence electrons. The third-order valence-corrected chi connectivity index (χ3v) is 5.98. The second-order valence-electron chi connectivity index (χ2n) is 7.88. The van der Waals surface area contributed by atoms with Gasteiger partial charge in [-0.05, 0) is 73.4 Å². The Balaban J connectivity index is 1.37. The molecule has 1 fully saturated rings. The molecule has 30 heavy (non-hydrogen) atoms. The number of aliphatic carboxylic acids is 1. The molecule has 1 heterocycles. The number of nitrogens with one attached hydrogen (secondary N) is 1. The highest BCUT2D eigenvalue weighted by molar-refractivity contribution is 6.30. The van der Waals surface area contributed by atoms with Crippen molar-refractivity contribution < 1.29 is 9.90 Å². The van der Waals surface area contributed by atoms with E-state index in [0.717, 1.165) is 42.6 Å². The quantitative estimate of drug-likeness (QED) is 0.489. The van der Waals surface area contributed by atoms with E-state index in [1.807, 2.05) is 36.4 Å². The molecule has 4 rings (SSSR count). The molecule has 6 heteroatoms. The molecule has 0 amide bonds. The Hall–Kier alpha value is -2.92. The molecule has 1 aliphatic carbocycles. The molecule has 1 saturated carbocycles. The molecule has 0 saturated heterocycles. The molecule has 0 unspecified atom stereocenters. The summed E-state index contributed by atoms with van der Waals surface area (Å²) >= 11 is 6.01. The molecule has 0 atom stereocenters. The van der Waals surface area contributed by atoms with E-state index in [-0.39, 0.29) is 0 Å². The van der Waals surface area contributed by atoms with Crippen LogP contribution >= 0.6 is 11.6 Å². The van der Waals surface area contributed by atoms with Crippen LogP contribution in [-0.4, -0.2) is 21.3 Å². The molecule has 5 nitrogen and oxygen atoms in total. The fourth-order valence-electron chi connectivity index (χ4n) is 4.14. The topological polar surface area (TPSA) is 75.1 Å². The lowest BCUT2D eigenvalue weighted by Gasteiger charge is -2.28. The van der Waals surface area contributed by atoms with Gasteiger partial charge in [0.25, 0.3) is 0 Å². The van der Waals surface area contributed by atoms with E-state index in [4.69, 9.17) is 16.7 Å². The molecule has 3 aromatic rings. The molecule has 1 aliphatic rings. The first-order chi connectivity index (χ1) is 14.6. The third kappa shape index (κ3) is 5.16. The van der Waals surface area contributed by atoms with Crippen LogP contribution in [0, 0.1) is 5.92 Å². The number of halogens is 1. The standard InChI is InChI=1S/C24H24ClN3O2/c25-20-2-1-3-21(15-20)26-23-13-12-22(27-28-23)19-10-8-18(9-11-19)17-6-4-16(5-7-17)14-24(29)30/h1-3,8-13,15-17H,4-7,14H2,(H,26,28)(H,29,30). The van der Waals surface area contributed by atoms with Gasteiger partial charge in [0.1, 0.15) is 0 Å². The average Bonchev–Trinajstić information content (AvgIpc) is 2.75. The van der Waals surface area contributed by atoms with E-state index < -0.39 is 5.97 Å². The van der Waals surface area contributed by atoms with E-state index in [2.05, 4.69) is 39.8 Å². The molecule has 1 aromatic heterocycles. The highest BCUT2D eigenvalue weighted by atomic mass is 35.5. The summed E-state index contributed by atoms with van der Waals surface area (Å²) in [6.45, 7) is 0. The van der Waals surface area contributed by atoms with Crippen LogP contribution in [0.25, 0.3) is 11.3 Å². The Kier molecular flexibility index (Phi) is 6.29. The van der Waals surface area contributed by atoms with Crippen LogP contribution < -0.4 is 5.32 Å². The van der Waals surface area contributed by atoms with E-state index >= 15 is 0 Å². The van der Waals surface area contributed by atoms with Crippen LogP contribution in [-0.2, 0) is 4.79 Å². The summed E-state index contributed by atoms with van der Waals surface area (Å²) in [5, 5.41) is 21.4. The number of anilines is 2. The van der Waals surface area contributed by atoms with Gasteiger partial charge >= 0.3 is 5.97 Å². The van der Waals surface area contributed by atoms with Crippen molar-refractivity contribution in [1.82, 2.24) is 10.2 Å². The van der Waals surface area contributed by atoms with E-state index in [9.17, 15) is 4.79 Å². The second-order valence-corrected chi connectivity index (χ2v) is 8.31. The minimum absolute atomic E-state index is 0.298. The van der Waals surface area contributed by atoms with Crippen molar-refractivity contribution in [2.75, 3.05) is 5.32 Å². The maximum absolute atomic E-state index is 10.9. The Morgan fingerprint density at radius 2 is 1.77 bits per heavy atom. The summed E-state index contributed by atoms with van der Waals surface area (Å²) < 4.78 is 0. The summed E-state index contributed by atoms with van der Waals surface area (Å²) in [5.74, 6) is 0.820. The Morgan fingerprint density at radius 3 is 2.40 bits per heavy atom. The number of carboxylic acids is 1. The summed E-state index contributed by atoms with van der Waals surface area (Å²) in [5.41, 5.74) is 4.04. The smallest absolute Gasteiger partial charge is 0.303 e. The van der Waals surface area contributed by atoms with E-state index in [0.29, 0.717) is 29.1 Å². The summed E-state index contributed by atoms with van der Waals surface area (Å²) in [4.78, 5) is 10.9. The third-order valence-electron chi connectivity index (χ3n) is 5.75. The number of nitrogens with zero attached hydrogens (tertiary/aromatic N) is 2.